The average Bonchev–Trinajstić information content (AvgIpc) is 2.75. The van der Waals surface area contributed by atoms with Crippen LogP contribution in [0.4, 0.5) is 0 Å². The van der Waals surface area contributed by atoms with E-state index >= 15 is 0 Å². The van der Waals surface area contributed by atoms with E-state index in [1.54, 1.807) is 7.11 Å². The fraction of sp³-hybridized carbons (Fsp3) is 0.167. The lowest BCUT2D eigenvalue weighted by atomic mass is 10.2. The van der Waals surface area contributed by atoms with Crippen LogP contribution in [0.5, 0.6) is 0 Å². The lowest BCUT2D eigenvalue weighted by Gasteiger charge is -1.97. The predicted molar refractivity (Wildman–Crippen MR) is 79.2 cm³/mol. The minimum atomic E-state index is 0.347. The van der Waals surface area contributed by atoms with Gasteiger partial charge in [0.1, 0.15) is 10.00 Å². The standard InChI is InChI=1S/C12H11ClN2OS2/c1-16-6-9-10(11(14)17)18-12(15-9)7-2-4-8(13)5-3-7/h2-5H,6H2,1H3,(H2,14,17). The lowest BCUT2D eigenvalue weighted by Crippen LogP contribution is -2.10. The van der Waals surface area contributed by atoms with Gasteiger partial charge in [0, 0.05) is 17.7 Å². The van der Waals surface area contributed by atoms with Gasteiger partial charge in [0.15, 0.2) is 0 Å². The minimum Gasteiger partial charge on any atom is -0.389 e. The van der Waals surface area contributed by atoms with Crippen LogP contribution < -0.4 is 5.73 Å². The quantitative estimate of drug-likeness (QED) is 0.880. The highest BCUT2D eigenvalue weighted by Gasteiger charge is 2.14. The van der Waals surface area contributed by atoms with Crippen LogP contribution in [0.1, 0.15) is 10.6 Å². The molecule has 94 valence electrons. The molecule has 0 amide bonds. The fourth-order valence-electron chi connectivity index (χ4n) is 1.49. The summed E-state index contributed by atoms with van der Waals surface area (Å²) in [6, 6.07) is 7.49. The summed E-state index contributed by atoms with van der Waals surface area (Å²) in [5.74, 6) is 0. The first kappa shape index (κ1) is 13.4. The van der Waals surface area contributed by atoms with Crippen molar-refractivity contribution in [2.45, 2.75) is 6.61 Å². The molecule has 1 heterocycles. The van der Waals surface area contributed by atoms with Crippen LogP contribution in [0.3, 0.4) is 0 Å². The summed E-state index contributed by atoms with van der Waals surface area (Å²) < 4.78 is 5.09. The summed E-state index contributed by atoms with van der Waals surface area (Å²) in [6.07, 6.45) is 0. The Bertz CT molecular complexity index is 566. The number of benzene rings is 1. The topological polar surface area (TPSA) is 48.1 Å². The highest BCUT2D eigenvalue weighted by atomic mass is 35.5. The molecule has 0 fully saturated rings. The Hall–Kier alpha value is -1.01. The van der Waals surface area contributed by atoms with Crippen molar-refractivity contribution in [2.24, 2.45) is 5.73 Å². The number of halogens is 1. The molecule has 0 spiro atoms. The molecule has 0 aliphatic carbocycles. The number of rotatable bonds is 4. The van der Waals surface area contributed by atoms with E-state index in [2.05, 4.69) is 4.98 Å². The minimum absolute atomic E-state index is 0.347. The third-order valence-corrected chi connectivity index (χ3v) is 4.06. The molecule has 0 aliphatic heterocycles. The van der Waals surface area contributed by atoms with E-state index in [0.29, 0.717) is 16.6 Å². The molecule has 2 aromatic rings. The van der Waals surface area contributed by atoms with Crippen molar-refractivity contribution in [3.63, 3.8) is 0 Å². The Balaban J connectivity index is 2.42. The van der Waals surface area contributed by atoms with Crippen molar-refractivity contribution in [2.75, 3.05) is 7.11 Å². The SMILES string of the molecule is COCc1nc(-c2ccc(Cl)cc2)sc1C(N)=S. The van der Waals surface area contributed by atoms with Crippen molar-refractivity contribution >= 4 is 40.1 Å². The van der Waals surface area contributed by atoms with Gasteiger partial charge in [0.25, 0.3) is 0 Å². The third kappa shape index (κ3) is 2.87. The first-order chi connectivity index (χ1) is 8.61. The van der Waals surface area contributed by atoms with E-state index in [0.717, 1.165) is 21.1 Å². The van der Waals surface area contributed by atoms with Gasteiger partial charge in [-0.15, -0.1) is 11.3 Å². The van der Waals surface area contributed by atoms with E-state index in [4.69, 9.17) is 34.3 Å². The number of ether oxygens (including phenoxy) is 1. The van der Waals surface area contributed by atoms with Gasteiger partial charge in [-0.3, -0.25) is 0 Å². The van der Waals surface area contributed by atoms with E-state index in [1.807, 2.05) is 24.3 Å². The maximum atomic E-state index is 5.86. The zero-order valence-corrected chi connectivity index (χ0v) is 12.0. The Morgan fingerprint density at radius 3 is 2.67 bits per heavy atom. The van der Waals surface area contributed by atoms with Crippen LogP contribution in [0, 0.1) is 0 Å². The maximum absolute atomic E-state index is 5.86. The van der Waals surface area contributed by atoms with Crippen LogP contribution in [0.2, 0.25) is 5.02 Å². The molecular formula is C12H11ClN2OS2. The van der Waals surface area contributed by atoms with Gasteiger partial charge in [0.05, 0.1) is 17.2 Å². The molecule has 0 saturated heterocycles. The van der Waals surface area contributed by atoms with Crippen molar-refractivity contribution in [1.82, 2.24) is 4.98 Å². The summed E-state index contributed by atoms with van der Waals surface area (Å²) in [5, 5.41) is 1.56. The van der Waals surface area contributed by atoms with Crippen LogP contribution in [-0.2, 0) is 11.3 Å². The van der Waals surface area contributed by atoms with E-state index in [-0.39, 0.29) is 0 Å². The maximum Gasteiger partial charge on any atom is 0.124 e. The van der Waals surface area contributed by atoms with E-state index in [1.165, 1.54) is 11.3 Å². The third-order valence-electron chi connectivity index (χ3n) is 2.29. The molecule has 2 rings (SSSR count). The Morgan fingerprint density at radius 1 is 1.44 bits per heavy atom. The monoisotopic (exact) mass is 298 g/mol. The van der Waals surface area contributed by atoms with Gasteiger partial charge in [0.2, 0.25) is 0 Å². The molecule has 0 atom stereocenters. The van der Waals surface area contributed by atoms with Gasteiger partial charge >= 0.3 is 0 Å². The summed E-state index contributed by atoms with van der Waals surface area (Å²) in [5.41, 5.74) is 7.45. The van der Waals surface area contributed by atoms with Gasteiger partial charge in [-0.1, -0.05) is 36.0 Å². The van der Waals surface area contributed by atoms with Gasteiger partial charge in [-0.2, -0.15) is 0 Å². The van der Waals surface area contributed by atoms with Crippen molar-refractivity contribution < 1.29 is 4.74 Å². The number of nitrogens with zero attached hydrogens (tertiary/aromatic N) is 1. The molecular weight excluding hydrogens is 288 g/mol. The highest BCUT2D eigenvalue weighted by molar-refractivity contribution is 7.81. The Kier molecular flexibility index (Phi) is 4.29. The molecule has 18 heavy (non-hydrogen) atoms. The second-order valence-electron chi connectivity index (χ2n) is 3.60. The number of thiazole rings is 1. The average molecular weight is 299 g/mol. The van der Waals surface area contributed by atoms with Gasteiger partial charge in [-0.25, -0.2) is 4.98 Å². The summed E-state index contributed by atoms with van der Waals surface area (Å²) in [7, 11) is 1.62. The second kappa shape index (κ2) is 5.75. The van der Waals surface area contributed by atoms with Crippen molar-refractivity contribution in [3.8, 4) is 10.6 Å². The highest BCUT2D eigenvalue weighted by Crippen LogP contribution is 2.29. The molecule has 0 aliphatic rings. The number of thiocarbonyl (C=S) groups is 1. The summed E-state index contributed by atoms with van der Waals surface area (Å²) in [4.78, 5) is 5.65. The largest absolute Gasteiger partial charge is 0.389 e. The molecule has 1 aromatic heterocycles. The Labute approximate surface area is 120 Å². The molecule has 0 unspecified atom stereocenters. The smallest absolute Gasteiger partial charge is 0.124 e. The number of aromatic nitrogens is 1. The van der Waals surface area contributed by atoms with Gasteiger partial charge < -0.3 is 10.5 Å². The first-order valence-electron chi connectivity index (χ1n) is 5.16. The van der Waals surface area contributed by atoms with Crippen LogP contribution in [0.15, 0.2) is 24.3 Å². The van der Waals surface area contributed by atoms with Crippen molar-refractivity contribution in [3.05, 3.63) is 39.9 Å². The molecule has 0 bridgehead atoms. The number of methoxy groups -OCH3 is 1. The van der Waals surface area contributed by atoms with E-state index in [9.17, 15) is 0 Å². The van der Waals surface area contributed by atoms with E-state index < -0.39 is 0 Å². The molecule has 6 heteroatoms. The second-order valence-corrected chi connectivity index (χ2v) is 5.47. The number of hydrogen-bond acceptors (Lipinski definition) is 4. The molecule has 0 saturated carbocycles. The normalized spacial score (nSPS) is 10.6. The molecule has 2 N–H and O–H groups in total. The zero-order chi connectivity index (χ0) is 13.1. The molecule has 3 nitrogen and oxygen atoms in total. The van der Waals surface area contributed by atoms with Crippen LogP contribution in [0.25, 0.3) is 10.6 Å². The van der Waals surface area contributed by atoms with Crippen LogP contribution in [-0.4, -0.2) is 17.1 Å². The van der Waals surface area contributed by atoms with Crippen LogP contribution >= 0.6 is 35.2 Å². The van der Waals surface area contributed by atoms with Gasteiger partial charge in [-0.05, 0) is 12.1 Å². The zero-order valence-electron chi connectivity index (χ0n) is 9.64. The predicted octanol–water partition coefficient (Wildman–Crippen LogP) is 3.24. The first-order valence-corrected chi connectivity index (χ1v) is 6.76. The number of hydrogen-bond donors (Lipinski definition) is 1. The molecule has 0 radical (unpaired) electrons. The summed E-state index contributed by atoms with van der Waals surface area (Å²) in [6.45, 7) is 0.400. The fourth-order valence-corrected chi connectivity index (χ4v) is 2.79. The Morgan fingerprint density at radius 2 is 2.11 bits per heavy atom. The molecule has 1 aromatic carbocycles. The van der Waals surface area contributed by atoms with Crippen molar-refractivity contribution in [1.29, 1.82) is 0 Å². The number of nitrogens with two attached hydrogens (primary N) is 1. The lowest BCUT2D eigenvalue weighted by molar-refractivity contribution is 0.182. The summed E-state index contributed by atoms with van der Waals surface area (Å²) >= 11 is 12.3.